The number of pyridine rings is 1. The van der Waals surface area contributed by atoms with Crippen LogP contribution < -0.4 is 0 Å². The van der Waals surface area contributed by atoms with Gasteiger partial charge in [0, 0.05) is 22.2 Å². The van der Waals surface area contributed by atoms with Gasteiger partial charge >= 0.3 is 0 Å². The number of hydrogen-bond donors (Lipinski definition) is 0. The van der Waals surface area contributed by atoms with E-state index in [0.717, 1.165) is 34.2 Å². The van der Waals surface area contributed by atoms with E-state index in [-0.39, 0.29) is 5.41 Å². The third-order valence-electron chi connectivity index (χ3n) is 6.15. The summed E-state index contributed by atoms with van der Waals surface area (Å²) in [4.78, 5) is 10.0. The number of imidazole rings is 1. The molecule has 0 saturated carbocycles. The summed E-state index contributed by atoms with van der Waals surface area (Å²) in [5, 5.41) is 0. The van der Waals surface area contributed by atoms with Gasteiger partial charge in [0.05, 0.1) is 22.8 Å². The van der Waals surface area contributed by atoms with Gasteiger partial charge in [-0.05, 0) is 44.0 Å². The lowest BCUT2D eigenvalue weighted by Gasteiger charge is -2.19. The predicted molar refractivity (Wildman–Crippen MR) is 119 cm³/mol. The molecule has 0 N–H and O–H groups in total. The summed E-state index contributed by atoms with van der Waals surface area (Å²) < 4.78 is 2.33. The van der Waals surface area contributed by atoms with E-state index in [1.165, 1.54) is 22.4 Å². The molecule has 0 fully saturated rings. The smallest absolute Gasteiger partial charge is 0.145 e. The van der Waals surface area contributed by atoms with Crippen molar-refractivity contribution < 1.29 is 0 Å². The van der Waals surface area contributed by atoms with E-state index in [0.29, 0.717) is 0 Å². The van der Waals surface area contributed by atoms with Gasteiger partial charge in [-0.3, -0.25) is 9.55 Å². The van der Waals surface area contributed by atoms with Crippen molar-refractivity contribution in [1.29, 1.82) is 0 Å². The molecule has 1 aliphatic rings. The third-order valence-corrected chi connectivity index (χ3v) is 6.15. The van der Waals surface area contributed by atoms with Crippen LogP contribution in [0.4, 0.5) is 0 Å². The van der Waals surface area contributed by atoms with Crippen molar-refractivity contribution in [1.82, 2.24) is 14.5 Å². The lowest BCUT2D eigenvalue weighted by atomic mass is 9.85. The minimum absolute atomic E-state index is 0.138. The second kappa shape index (κ2) is 6.15. The van der Waals surface area contributed by atoms with Crippen LogP contribution in [0.5, 0.6) is 0 Å². The van der Waals surface area contributed by atoms with Crippen molar-refractivity contribution in [3.05, 3.63) is 88.9 Å². The Bertz CT molecular complexity index is 1260. The first-order valence-corrected chi connectivity index (χ1v) is 10.1. The quantitative estimate of drug-likeness (QED) is 0.417. The van der Waals surface area contributed by atoms with Gasteiger partial charge in [0.15, 0.2) is 0 Å². The van der Waals surface area contributed by atoms with E-state index in [1.54, 1.807) is 0 Å². The highest BCUT2D eigenvalue weighted by Gasteiger charge is 2.41. The van der Waals surface area contributed by atoms with Gasteiger partial charge in [0.2, 0.25) is 0 Å². The van der Waals surface area contributed by atoms with Gasteiger partial charge in [-0.2, -0.15) is 0 Å². The van der Waals surface area contributed by atoms with Gasteiger partial charge in [0.25, 0.3) is 0 Å². The normalized spacial score (nSPS) is 14.0. The van der Waals surface area contributed by atoms with Gasteiger partial charge in [-0.15, -0.1) is 0 Å². The molecule has 0 bridgehead atoms. The summed E-state index contributed by atoms with van der Waals surface area (Å²) in [6.45, 7) is 10.8. The van der Waals surface area contributed by atoms with Crippen LogP contribution in [0.15, 0.2) is 60.7 Å². The molecular weight excluding hydrogens is 354 g/mol. The zero-order valence-corrected chi connectivity index (χ0v) is 17.6. The van der Waals surface area contributed by atoms with E-state index in [9.17, 15) is 0 Å². The molecule has 1 aliphatic carbocycles. The van der Waals surface area contributed by atoms with E-state index in [2.05, 4.69) is 92.9 Å². The Hall–Kier alpha value is -3.20. The zero-order chi connectivity index (χ0) is 20.3. The fourth-order valence-corrected chi connectivity index (χ4v) is 4.62. The van der Waals surface area contributed by atoms with Crippen molar-refractivity contribution in [2.75, 3.05) is 0 Å². The highest BCUT2D eigenvalue weighted by atomic mass is 15.1. The number of fused-ring (bicyclic) bond motifs is 3. The minimum atomic E-state index is -0.138. The molecule has 0 unspecified atom stereocenters. The SMILES string of the molecule is Cc1ccc(-n2c(-c3ccccc3C)nc3c2-c2ccccc2C3(C)C)c(C)n1. The van der Waals surface area contributed by atoms with Crippen molar-refractivity contribution in [2.24, 2.45) is 0 Å². The molecule has 5 rings (SSSR count). The Morgan fingerprint density at radius 2 is 1.45 bits per heavy atom. The average molecular weight is 380 g/mol. The predicted octanol–water partition coefficient (Wildman–Crippen LogP) is 6.17. The summed E-state index contributed by atoms with van der Waals surface area (Å²) in [7, 11) is 0. The zero-order valence-electron chi connectivity index (χ0n) is 17.6. The van der Waals surface area contributed by atoms with Crippen LogP contribution in [-0.2, 0) is 5.41 Å². The van der Waals surface area contributed by atoms with Crippen molar-refractivity contribution in [3.8, 4) is 28.3 Å². The maximum absolute atomic E-state index is 5.26. The van der Waals surface area contributed by atoms with E-state index < -0.39 is 0 Å². The number of aromatic nitrogens is 3. The fourth-order valence-electron chi connectivity index (χ4n) is 4.62. The first kappa shape index (κ1) is 17.9. The van der Waals surface area contributed by atoms with Gasteiger partial charge < -0.3 is 0 Å². The maximum atomic E-state index is 5.26. The van der Waals surface area contributed by atoms with Crippen LogP contribution in [0, 0.1) is 20.8 Å². The number of nitrogens with zero attached hydrogens (tertiary/aromatic N) is 3. The van der Waals surface area contributed by atoms with Crippen LogP contribution in [0.25, 0.3) is 28.3 Å². The van der Waals surface area contributed by atoms with E-state index in [4.69, 9.17) is 9.97 Å². The molecule has 0 amide bonds. The first-order chi connectivity index (χ1) is 13.9. The van der Waals surface area contributed by atoms with Gasteiger partial charge in [-0.25, -0.2) is 4.98 Å². The molecule has 2 heterocycles. The topological polar surface area (TPSA) is 30.7 Å². The van der Waals surface area contributed by atoms with E-state index >= 15 is 0 Å². The second-order valence-corrected chi connectivity index (χ2v) is 8.51. The molecule has 144 valence electrons. The molecule has 0 aliphatic heterocycles. The van der Waals surface area contributed by atoms with Crippen LogP contribution in [0.3, 0.4) is 0 Å². The standard InChI is InChI=1S/C26H25N3/c1-16-10-6-7-11-19(16)25-28-24-23(20-12-8-9-13-21(20)26(24,4)5)29(25)22-15-14-17(2)27-18(22)3/h6-15H,1-5H3. The molecule has 2 aromatic carbocycles. The van der Waals surface area contributed by atoms with Crippen LogP contribution in [0.1, 0.15) is 42.1 Å². The molecule has 2 aromatic heterocycles. The van der Waals surface area contributed by atoms with E-state index in [1.807, 2.05) is 6.92 Å². The van der Waals surface area contributed by atoms with Crippen LogP contribution >= 0.6 is 0 Å². The van der Waals surface area contributed by atoms with Gasteiger partial charge in [-0.1, -0.05) is 62.4 Å². The molecule has 3 nitrogen and oxygen atoms in total. The summed E-state index contributed by atoms with van der Waals surface area (Å²) in [6.07, 6.45) is 0. The highest BCUT2D eigenvalue weighted by molar-refractivity contribution is 5.82. The second-order valence-electron chi connectivity index (χ2n) is 8.51. The largest absolute Gasteiger partial charge is 0.290 e. The molecule has 3 heteroatoms. The third kappa shape index (κ3) is 2.50. The number of hydrogen-bond acceptors (Lipinski definition) is 2. The van der Waals surface area contributed by atoms with Crippen LogP contribution in [-0.4, -0.2) is 14.5 Å². The summed E-state index contributed by atoms with van der Waals surface area (Å²) in [6, 6.07) is 21.4. The van der Waals surface area contributed by atoms with Crippen LogP contribution in [0.2, 0.25) is 0 Å². The maximum Gasteiger partial charge on any atom is 0.145 e. The number of rotatable bonds is 2. The Labute approximate surface area is 172 Å². The molecule has 0 saturated heterocycles. The molecule has 0 spiro atoms. The first-order valence-electron chi connectivity index (χ1n) is 10.1. The molecular formula is C26H25N3. The summed E-state index contributed by atoms with van der Waals surface area (Å²) in [5.74, 6) is 0.990. The Morgan fingerprint density at radius 1 is 0.759 bits per heavy atom. The Balaban J connectivity index is 1.92. The number of benzene rings is 2. The monoisotopic (exact) mass is 379 g/mol. The average Bonchev–Trinajstić information content (AvgIpc) is 3.18. The molecule has 29 heavy (non-hydrogen) atoms. The fraction of sp³-hybridized carbons (Fsp3) is 0.231. The summed E-state index contributed by atoms with van der Waals surface area (Å²) >= 11 is 0. The molecule has 4 aromatic rings. The molecule has 0 atom stereocenters. The Morgan fingerprint density at radius 3 is 2.17 bits per heavy atom. The van der Waals surface area contributed by atoms with Gasteiger partial charge in [0.1, 0.15) is 5.82 Å². The lowest BCUT2D eigenvalue weighted by Crippen LogP contribution is -2.15. The van der Waals surface area contributed by atoms with Crippen molar-refractivity contribution in [3.63, 3.8) is 0 Å². The summed E-state index contributed by atoms with van der Waals surface area (Å²) in [5.41, 5.74) is 10.3. The lowest BCUT2D eigenvalue weighted by molar-refractivity contribution is 0.640. The van der Waals surface area contributed by atoms with Crippen molar-refractivity contribution in [2.45, 2.75) is 40.0 Å². The molecule has 0 radical (unpaired) electrons. The minimum Gasteiger partial charge on any atom is -0.290 e. The Kier molecular flexibility index (Phi) is 3.79. The van der Waals surface area contributed by atoms with Crippen molar-refractivity contribution >= 4 is 0 Å². The highest BCUT2D eigenvalue weighted by Crippen LogP contribution is 2.50. The number of aryl methyl sites for hydroxylation is 3.